The SMILES string of the molecule is COc1cc(CN(C2CCCCC2C)S(=O)(=O)c2ccc(C)cc2)cc(I)c1OC(C)C. The number of ether oxygens (including phenoxy) is 2. The van der Waals surface area contributed by atoms with Crippen molar-refractivity contribution in [3.63, 3.8) is 0 Å². The highest BCUT2D eigenvalue weighted by atomic mass is 127. The largest absolute Gasteiger partial charge is 0.493 e. The zero-order chi connectivity index (χ0) is 23.5. The molecule has 1 aliphatic rings. The molecular formula is C25H34INO4S. The zero-order valence-corrected chi connectivity index (χ0v) is 22.6. The van der Waals surface area contributed by atoms with E-state index in [2.05, 4.69) is 29.5 Å². The van der Waals surface area contributed by atoms with Gasteiger partial charge in [-0.05, 0) is 92.0 Å². The van der Waals surface area contributed by atoms with Crippen LogP contribution in [-0.4, -0.2) is 32.0 Å². The number of benzene rings is 2. The van der Waals surface area contributed by atoms with E-state index in [0.717, 1.165) is 40.4 Å². The Kier molecular flexibility index (Phi) is 8.49. The third-order valence-corrected chi connectivity index (χ3v) is 8.73. The summed E-state index contributed by atoms with van der Waals surface area (Å²) in [6.45, 7) is 8.39. The summed E-state index contributed by atoms with van der Waals surface area (Å²) in [4.78, 5) is 0.349. The predicted octanol–water partition coefficient (Wildman–Crippen LogP) is 6.17. The summed E-state index contributed by atoms with van der Waals surface area (Å²) >= 11 is 2.24. The second-order valence-corrected chi connectivity index (χ2v) is 12.0. The van der Waals surface area contributed by atoms with Crippen LogP contribution < -0.4 is 9.47 Å². The first-order valence-electron chi connectivity index (χ1n) is 11.2. The zero-order valence-electron chi connectivity index (χ0n) is 19.6. The van der Waals surface area contributed by atoms with Crippen molar-refractivity contribution in [3.8, 4) is 11.5 Å². The molecule has 3 rings (SSSR count). The summed E-state index contributed by atoms with van der Waals surface area (Å²) in [6.07, 6.45) is 4.16. The van der Waals surface area contributed by atoms with Crippen molar-refractivity contribution in [1.82, 2.24) is 4.31 Å². The molecule has 0 radical (unpaired) electrons. The van der Waals surface area contributed by atoms with Crippen LogP contribution in [0.2, 0.25) is 0 Å². The fraction of sp³-hybridized carbons (Fsp3) is 0.520. The van der Waals surface area contributed by atoms with Crippen molar-refractivity contribution in [1.29, 1.82) is 0 Å². The monoisotopic (exact) mass is 571 g/mol. The van der Waals surface area contributed by atoms with E-state index >= 15 is 0 Å². The standard InChI is InChI=1S/C25H34INO4S/c1-17(2)31-25-22(26)14-20(15-24(25)30-5)16-27(23-9-7-6-8-19(23)4)32(28,29)21-12-10-18(3)11-13-21/h10-15,17,19,23H,6-9,16H2,1-5H3. The summed E-state index contributed by atoms with van der Waals surface area (Å²) in [5.74, 6) is 1.64. The Morgan fingerprint density at radius 1 is 1.12 bits per heavy atom. The van der Waals surface area contributed by atoms with Crippen LogP contribution in [0.15, 0.2) is 41.3 Å². The van der Waals surface area contributed by atoms with Crippen molar-refractivity contribution >= 4 is 32.6 Å². The third-order valence-electron chi connectivity index (χ3n) is 6.04. The molecular weight excluding hydrogens is 537 g/mol. The van der Waals surface area contributed by atoms with Crippen molar-refractivity contribution < 1.29 is 17.9 Å². The van der Waals surface area contributed by atoms with Crippen LogP contribution in [0.5, 0.6) is 11.5 Å². The van der Waals surface area contributed by atoms with Crippen LogP contribution >= 0.6 is 22.6 Å². The van der Waals surface area contributed by atoms with Gasteiger partial charge < -0.3 is 9.47 Å². The van der Waals surface area contributed by atoms with Gasteiger partial charge in [-0.1, -0.05) is 37.5 Å². The molecule has 0 saturated heterocycles. The second-order valence-electron chi connectivity index (χ2n) is 8.97. The van der Waals surface area contributed by atoms with Crippen LogP contribution in [-0.2, 0) is 16.6 Å². The average Bonchev–Trinajstić information content (AvgIpc) is 2.74. The van der Waals surface area contributed by atoms with E-state index in [1.165, 1.54) is 0 Å². The Labute approximate surface area is 206 Å². The first-order valence-corrected chi connectivity index (χ1v) is 13.8. The van der Waals surface area contributed by atoms with Crippen LogP contribution in [0.25, 0.3) is 0 Å². The summed E-state index contributed by atoms with van der Waals surface area (Å²) in [7, 11) is -2.03. The number of hydrogen-bond acceptors (Lipinski definition) is 4. The van der Waals surface area contributed by atoms with E-state index < -0.39 is 10.0 Å². The molecule has 2 aromatic rings. The van der Waals surface area contributed by atoms with Crippen LogP contribution in [0.1, 0.15) is 57.6 Å². The molecule has 2 atom stereocenters. The van der Waals surface area contributed by atoms with Gasteiger partial charge in [-0.15, -0.1) is 0 Å². The van der Waals surface area contributed by atoms with Gasteiger partial charge in [-0.2, -0.15) is 4.31 Å². The van der Waals surface area contributed by atoms with Gasteiger partial charge in [0.25, 0.3) is 0 Å². The molecule has 0 N–H and O–H groups in total. The second kappa shape index (κ2) is 10.7. The molecule has 5 nitrogen and oxygen atoms in total. The molecule has 7 heteroatoms. The molecule has 0 aliphatic heterocycles. The molecule has 0 aromatic heterocycles. The molecule has 32 heavy (non-hydrogen) atoms. The maximum Gasteiger partial charge on any atom is 0.243 e. The highest BCUT2D eigenvalue weighted by molar-refractivity contribution is 14.1. The van der Waals surface area contributed by atoms with Crippen molar-refractivity contribution in [2.75, 3.05) is 7.11 Å². The van der Waals surface area contributed by atoms with Crippen LogP contribution in [0.4, 0.5) is 0 Å². The minimum Gasteiger partial charge on any atom is -0.493 e. The first kappa shape index (κ1) is 25.3. The molecule has 0 bridgehead atoms. The van der Waals surface area contributed by atoms with Gasteiger partial charge in [0.2, 0.25) is 10.0 Å². The summed E-state index contributed by atoms with van der Waals surface area (Å²) in [6, 6.07) is 11.0. The van der Waals surface area contributed by atoms with Crippen LogP contribution in [0.3, 0.4) is 0 Å². The number of methoxy groups -OCH3 is 1. The lowest BCUT2D eigenvalue weighted by Gasteiger charge is -2.38. The Bertz CT molecular complexity index is 1020. The van der Waals surface area contributed by atoms with E-state index in [0.29, 0.717) is 28.9 Å². The van der Waals surface area contributed by atoms with Gasteiger partial charge in [-0.25, -0.2) is 8.42 Å². The van der Waals surface area contributed by atoms with Gasteiger partial charge in [0.05, 0.1) is 21.7 Å². The topological polar surface area (TPSA) is 55.8 Å². The first-order chi connectivity index (χ1) is 15.1. The highest BCUT2D eigenvalue weighted by Crippen LogP contribution is 2.37. The number of sulfonamides is 1. The molecule has 1 aliphatic carbocycles. The maximum atomic E-state index is 13.8. The molecule has 1 fully saturated rings. The summed E-state index contributed by atoms with van der Waals surface area (Å²) < 4.78 is 41.8. The van der Waals surface area contributed by atoms with Gasteiger partial charge >= 0.3 is 0 Å². The fourth-order valence-electron chi connectivity index (χ4n) is 4.35. The molecule has 0 amide bonds. The number of aryl methyl sites for hydroxylation is 1. The van der Waals surface area contributed by atoms with Gasteiger partial charge in [0.15, 0.2) is 11.5 Å². The Hall–Kier alpha value is -1.32. The minimum atomic E-state index is -3.65. The number of halogens is 1. The Morgan fingerprint density at radius 3 is 2.38 bits per heavy atom. The van der Waals surface area contributed by atoms with E-state index in [-0.39, 0.29) is 12.1 Å². The third kappa shape index (κ3) is 5.78. The van der Waals surface area contributed by atoms with Gasteiger partial charge in [0, 0.05) is 12.6 Å². The Morgan fingerprint density at radius 2 is 1.78 bits per heavy atom. The van der Waals surface area contributed by atoms with Crippen molar-refractivity contribution in [2.45, 2.75) is 77.0 Å². The number of rotatable bonds is 8. The van der Waals surface area contributed by atoms with Crippen molar-refractivity contribution in [2.24, 2.45) is 5.92 Å². The highest BCUT2D eigenvalue weighted by Gasteiger charge is 2.36. The quantitative estimate of drug-likeness (QED) is 0.356. The van der Waals surface area contributed by atoms with Crippen LogP contribution in [0, 0.1) is 16.4 Å². The molecule has 2 aromatic carbocycles. The van der Waals surface area contributed by atoms with Gasteiger partial charge in [0.1, 0.15) is 0 Å². The smallest absolute Gasteiger partial charge is 0.243 e. The number of hydrogen-bond donors (Lipinski definition) is 0. The molecule has 1 saturated carbocycles. The van der Waals surface area contributed by atoms with Gasteiger partial charge in [-0.3, -0.25) is 0 Å². The lowest BCUT2D eigenvalue weighted by atomic mass is 9.86. The maximum absolute atomic E-state index is 13.8. The fourth-order valence-corrected chi connectivity index (χ4v) is 6.88. The molecule has 2 unspecified atom stereocenters. The molecule has 176 valence electrons. The van der Waals surface area contributed by atoms with Crippen molar-refractivity contribution in [3.05, 3.63) is 51.1 Å². The summed E-state index contributed by atoms with van der Waals surface area (Å²) in [5, 5.41) is 0. The van der Waals surface area contributed by atoms with E-state index in [4.69, 9.17) is 9.47 Å². The predicted molar refractivity (Wildman–Crippen MR) is 137 cm³/mol. The van der Waals surface area contributed by atoms with E-state index in [9.17, 15) is 8.42 Å². The average molecular weight is 572 g/mol. The lowest BCUT2D eigenvalue weighted by molar-refractivity contribution is 0.185. The number of nitrogens with zero attached hydrogens (tertiary/aromatic N) is 1. The van der Waals surface area contributed by atoms with E-state index in [1.54, 1.807) is 23.5 Å². The normalized spacial score (nSPS) is 19.4. The molecule has 0 spiro atoms. The lowest BCUT2D eigenvalue weighted by Crippen LogP contribution is -2.44. The van der Waals surface area contributed by atoms with E-state index in [1.807, 2.05) is 45.0 Å². The summed E-state index contributed by atoms with van der Waals surface area (Å²) in [5.41, 5.74) is 1.94. The molecule has 0 heterocycles. The minimum absolute atomic E-state index is 0.0183. The Balaban J connectivity index is 2.03.